The number of nitrogens with one attached hydrogen (secondary N) is 2. The van der Waals surface area contributed by atoms with Crippen molar-refractivity contribution in [1.82, 2.24) is 24.8 Å². The Kier molecular flexibility index (Phi) is 5.03. The Hall–Kier alpha value is -3.62. The van der Waals surface area contributed by atoms with Crippen LogP contribution in [0.25, 0.3) is 11.3 Å². The highest BCUT2D eigenvalue weighted by molar-refractivity contribution is 5.86. The number of ether oxygens (including phenoxy) is 1. The van der Waals surface area contributed by atoms with Gasteiger partial charge in [0.1, 0.15) is 29.5 Å². The minimum atomic E-state index is -0.892. The summed E-state index contributed by atoms with van der Waals surface area (Å²) in [5.74, 6) is 0.152. The van der Waals surface area contributed by atoms with Crippen LogP contribution < -0.4 is 15.4 Å². The average Bonchev–Trinajstić information content (AvgIpc) is 3.14. The molecule has 1 amide bonds. The molecule has 156 valence electrons. The fourth-order valence-corrected chi connectivity index (χ4v) is 3.31. The highest BCUT2D eigenvalue weighted by Gasteiger charge is 2.28. The van der Waals surface area contributed by atoms with E-state index in [1.54, 1.807) is 43.1 Å². The molecule has 0 saturated heterocycles. The Morgan fingerprint density at radius 3 is 2.93 bits per heavy atom. The van der Waals surface area contributed by atoms with Gasteiger partial charge in [-0.05, 0) is 31.2 Å². The largest absolute Gasteiger partial charge is 0.489 e. The minimum absolute atomic E-state index is 0.258. The maximum atomic E-state index is 14.2. The van der Waals surface area contributed by atoms with Gasteiger partial charge in [-0.15, -0.1) is 0 Å². The molecule has 0 radical (unpaired) electrons. The summed E-state index contributed by atoms with van der Waals surface area (Å²) in [6.07, 6.45) is 3.15. The predicted molar refractivity (Wildman–Crippen MR) is 112 cm³/mol. The molecule has 0 aliphatic carbocycles. The van der Waals surface area contributed by atoms with Gasteiger partial charge in [-0.1, -0.05) is 6.58 Å². The van der Waals surface area contributed by atoms with Gasteiger partial charge >= 0.3 is 0 Å². The predicted octanol–water partition coefficient (Wildman–Crippen LogP) is 2.45. The summed E-state index contributed by atoms with van der Waals surface area (Å²) in [7, 11) is 3.29. The van der Waals surface area contributed by atoms with E-state index in [1.807, 2.05) is 6.92 Å². The number of likely N-dealkylation sites (N-methyl/N-ethyl adjacent to an activating group) is 1. The monoisotopic (exact) mass is 410 g/mol. The topological polar surface area (TPSA) is 83.8 Å². The number of fused-ring (bicyclic) bond motifs is 2. The smallest absolute Gasteiger partial charge is 0.249 e. The molecular weight excluding hydrogens is 387 g/mol. The molecule has 1 unspecified atom stereocenters. The maximum Gasteiger partial charge on any atom is 0.249 e. The third-order valence-corrected chi connectivity index (χ3v) is 4.89. The van der Waals surface area contributed by atoms with Crippen molar-refractivity contribution in [1.29, 1.82) is 0 Å². The Morgan fingerprint density at radius 2 is 2.17 bits per heavy atom. The summed E-state index contributed by atoms with van der Waals surface area (Å²) in [4.78, 5) is 19.1. The molecule has 2 bridgehead atoms. The van der Waals surface area contributed by atoms with Crippen molar-refractivity contribution in [3.63, 3.8) is 0 Å². The average molecular weight is 410 g/mol. The zero-order valence-electron chi connectivity index (χ0n) is 17.0. The number of benzene rings is 1. The number of hydrogen-bond donors (Lipinski definition) is 2. The Balaban J connectivity index is 1.89. The zero-order chi connectivity index (χ0) is 21.4. The highest BCUT2D eigenvalue weighted by Crippen LogP contribution is 2.31. The molecule has 0 spiro atoms. The molecule has 3 heterocycles. The number of halogens is 1. The van der Waals surface area contributed by atoms with Crippen LogP contribution in [0.5, 0.6) is 5.75 Å². The number of rotatable bonds is 1. The van der Waals surface area contributed by atoms with Crippen molar-refractivity contribution in [2.24, 2.45) is 0 Å². The number of hydrogen-bond acceptors (Lipinski definition) is 6. The van der Waals surface area contributed by atoms with Crippen molar-refractivity contribution in [2.75, 3.05) is 26.0 Å². The Morgan fingerprint density at radius 1 is 1.37 bits per heavy atom. The lowest BCUT2D eigenvalue weighted by Crippen LogP contribution is -2.34. The van der Waals surface area contributed by atoms with Gasteiger partial charge in [-0.2, -0.15) is 5.10 Å². The van der Waals surface area contributed by atoms with E-state index in [0.717, 1.165) is 5.56 Å². The van der Waals surface area contributed by atoms with Crippen LogP contribution in [0.1, 0.15) is 24.1 Å². The lowest BCUT2D eigenvalue weighted by atomic mass is 10.0. The quantitative estimate of drug-likeness (QED) is 0.641. The van der Waals surface area contributed by atoms with Crippen molar-refractivity contribution in [2.45, 2.75) is 19.1 Å². The normalized spacial score (nSPS) is 18.9. The third-order valence-electron chi connectivity index (χ3n) is 4.89. The molecule has 2 atom stereocenters. The number of nitrogens with zero attached hydrogens (tertiary/aromatic N) is 4. The van der Waals surface area contributed by atoms with Crippen molar-refractivity contribution in [3.05, 3.63) is 60.2 Å². The molecule has 0 fully saturated rings. The first-order valence-electron chi connectivity index (χ1n) is 9.55. The van der Waals surface area contributed by atoms with Crippen molar-refractivity contribution < 1.29 is 13.9 Å². The molecule has 1 aliphatic heterocycles. The highest BCUT2D eigenvalue weighted by atomic mass is 19.1. The van der Waals surface area contributed by atoms with Gasteiger partial charge < -0.3 is 20.3 Å². The first-order chi connectivity index (χ1) is 14.3. The summed E-state index contributed by atoms with van der Waals surface area (Å²) in [6.45, 7) is 6.42. The van der Waals surface area contributed by atoms with Crippen LogP contribution >= 0.6 is 0 Å². The Bertz CT molecular complexity index is 1130. The number of anilines is 1. The van der Waals surface area contributed by atoms with E-state index in [2.05, 4.69) is 27.3 Å². The van der Waals surface area contributed by atoms with Gasteiger partial charge in [0.15, 0.2) is 5.65 Å². The van der Waals surface area contributed by atoms with Gasteiger partial charge in [-0.3, -0.25) is 4.79 Å². The third kappa shape index (κ3) is 3.66. The van der Waals surface area contributed by atoms with Gasteiger partial charge in [0, 0.05) is 31.6 Å². The fourth-order valence-electron chi connectivity index (χ4n) is 3.31. The van der Waals surface area contributed by atoms with Crippen molar-refractivity contribution in [3.8, 4) is 5.75 Å². The molecule has 2 aromatic heterocycles. The second-order valence-electron chi connectivity index (χ2n) is 7.42. The number of carbonyl (C=O) groups excluding carboxylic acids is 1. The second-order valence-corrected chi connectivity index (χ2v) is 7.42. The molecule has 4 rings (SSSR count). The van der Waals surface area contributed by atoms with Crippen LogP contribution in [0.4, 0.5) is 10.2 Å². The minimum Gasteiger partial charge on any atom is -0.489 e. The second kappa shape index (κ2) is 7.66. The van der Waals surface area contributed by atoms with Gasteiger partial charge in [-0.25, -0.2) is 13.9 Å². The van der Waals surface area contributed by atoms with Crippen LogP contribution in [-0.4, -0.2) is 52.1 Å². The molecule has 1 aliphatic rings. The zero-order valence-corrected chi connectivity index (χ0v) is 17.0. The van der Waals surface area contributed by atoms with Crippen molar-refractivity contribution >= 4 is 23.1 Å². The van der Waals surface area contributed by atoms with Crippen LogP contribution in [0.3, 0.4) is 0 Å². The number of carbonyl (C=O) groups is 1. The van der Waals surface area contributed by atoms with Crippen LogP contribution in [0.15, 0.2) is 43.2 Å². The van der Waals surface area contributed by atoms with Crippen LogP contribution in [0, 0.1) is 5.82 Å². The van der Waals surface area contributed by atoms with E-state index >= 15 is 0 Å². The number of amides is 1. The van der Waals surface area contributed by atoms with Gasteiger partial charge in [0.25, 0.3) is 0 Å². The lowest BCUT2D eigenvalue weighted by molar-refractivity contribution is -0.129. The molecular formula is C21H23FN6O2. The molecule has 9 heteroatoms. The van der Waals surface area contributed by atoms with Crippen LogP contribution in [-0.2, 0) is 4.79 Å². The Labute approximate surface area is 173 Å². The molecule has 1 aromatic carbocycles. The van der Waals surface area contributed by atoms with E-state index in [4.69, 9.17) is 4.74 Å². The summed E-state index contributed by atoms with van der Waals surface area (Å²) in [6, 6.07) is 4.98. The molecule has 30 heavy (non-hydrogen) atoms. The lowest BCUT2D eigenvalue weighted by Gasteiger charge is -2.25. The number of aromatic nitrogens is 3. The first-order valence-corrected chi connectivity index (χ1v) is 9.55. The van der Waals surface area contributed by atoms with Gasteiger partial charge in [0.05, 0.1) is 18.3 Å². The van der Waals surface area contributed by atoms with E-state index in [-0.39, 0.29) is 12.0 Å². The summed E-state index contributed by atoms with van der Waals surface area (Å²) in [5.41, 5.74) is 2.38. The molecule has 3 aromatic rings. The SMILES string of the molecule is C=C1NC[C@H](C)Oc2ccc(F)cc2C(C(=O)N(C)C)Nc2ccn3ncc1c3n2. The van der Waals surface area contributed by atoms with Crippen LogP contribution in [0.2, 0.25) is 0 Å². The molecule has 2 N–H and O–H groups in total. The fraction of sp³-hybridized carbons (Fsp3) is 0.286. The molecule has 0 saturated carbocycles. The first kappa shape index (κ1) is 19.7. The van der Waals surface area contributed by atoms with E-state index in [1.165, 1.54) is 17.0 Å². The standard InChI is InChI=1S/C21H23FN6O2/c1-12-10-23-13(2)16-11-24-28-8-7-18(26-20(16)28)25-19(21(29)27(3)4)15-9-14(22)5-6-17(15)30-12/h5-9,11-12,19,23H,2,10H2,1,3-4H3,(H,25,26)/t12-,19?/m0/s1. The summed E-state index contributed by atoms with van der Waals surface area (Å²) >= 11 is 0. The van der Waals surface area contributed by atoms with E-state index < -0.39 is 11.9 Å². The summed E-state index contributed by atoms with van der Waals surface area (Å²) < 4.78 is 21.9. The molecule has 8 nitrogen and oxygen atoms in total. The van der Waals surface area contributed by atoms with E-state index in [9.17, 15) is 9.18 Å². The summed E-state index contributed by atoms with van der Waals surface area (Å²) in [5, 5.41) is 10.7. The van der Waals surface area contributed by atoms with Gasteiger partial charge in [0.2, 0.25) is 5.91 Å². The maximum absolute atomic E-state index is 14.2. The van der Waals surface area contributed by atoms with E-state index in [0.29, 0.717) is 35.0 Å².